The fourth-order valence-electron chi connectivity index (χ4n) is 2.10. The Bertz CT molecular complexity index is 281. The Labute approximate surface area is 93.9 Å². The van der Waals surface area contributed by atoms with E-state index in [0.717, 1.165) is 20.8 Å². The topological polar surface area (TPSA) is 16.1 Å². The van der Waals surface area contributed by atoms with Crippen LogP contribution in [-0.4, -0.2) is 35.3 Å². The largest absolute Gasteiger partial charge is 0.297 e. The lowest BCUT2D eigenvalue weighted by Gasteiger charge is -2.31. The standard InChI is InChI=1S/C12H19N2P/c1-15-12-5-8-14(9-6-12)10-11-4-2-3-7-13-11/h2-4,7,12,15H,5-6,8-10H2,1H3. The summed E-state index contributed by atoms with van der Waals surface area (Å²) in [5.41, 5.74) is 2.19. The van der Waals surface area contributed by atoms with E-state index in [9.17, 15) is 0 Å². The molecule has 0 N–H and O–H groups in total. The van der Waals surface area contributed by atoms with Crippen LogP contribution in [-0.2, 0) is 6.54 Å². The molecule has 0 aliphatic carbocycles. The van der Waals surface area contributed by atoms with E-state index in [1.54, 1.807) is 0 Å². The quantitative estimate of drug-likeness (QED) is 0.730. The van der Waals surface area contributed by atoms with E-state index in [1.165, 1.54) is 31.6 Å². The molecular formula is C12H19N2P. The van der Waals surface area contributed by atoms with Gasteiger partial charge in [0.05, 0.1) is 5.69 Å². The molecule has 82 valence electrons. The first-order valence-corrected chi connectivity index (χ1v) is 7.26. The van der Waals surface area contributed by atoms with E-state index in [1.807, 2.05) is 12.3 Å². The van der Waals surface area contributed by atoms with Crippen LogP contribution in [0.5, 0.6) is 0 Å². The molecule has 0 bridgehead atoms. The van der Waals surface area contributed by atoms with E-state index < -0.39 is 0 Å². The molecule has 1 aliphatic heterocycles. The molecule has 0 radical (unpaired) electrons. The van der Waals surface area contributed by atoms with Crippen molar-refractivity contribution in [3.8, 4) is 0 Å². The third-order valence-corrected chi connectivity index (χ3v) is 4.50. The van der Waals surface area contributed by atoms with Gasteiger partial charge < -0.3 is 0 Å². The average molecular weight is 222 g/mol. The van der Waals surface area contributed by atoms with Gasteiger partial charge in [-0.1, -0.05) is 6.07 Å². The molecule has 15 heavy (non-hydrogen) atoms. The third-order valence-electron chi connectivity index (χ3n) is 3.11. The van der Waals surface area contributed by atoms with Crippen LogP contribution in [0, 0.1) is 0 Å². The maximum Gasteiger partial charge on any atom is 0.0543 e. The summed E-state index contributed by atoms with van der Waals surface area (Å²) in [5, 5.41) is 0. The number of aromatic nitrogens is 1. The van der Waals surface area contributed by atoms with Gasteiger partial charge in [-0.05, 0) is 50.4 Å². The van der Waals surface area contributed by atoms with E-state index in [-0.39, 0.29) is 0 Å². The van der Waals surface area contributed by atoms with Crippen molar-refractivity contribution >= 4 is 8.58 Å². The first kappa shape index (κ1) is 11.0. The van der Waals surface area contributed by atoms with Gasteiger partial charge in [0.1, 0.15) is 0 Å². The van der Waals surface area contributed by atoms with Gasteiger partial charge in [0.15, 0.2) is 0 Å². The Kier molecular flexibility index (Phi) is 4.10. The minimum absolute atomic E-state index is 0.991. The van der Waals surface area contributed by atoms with Crippen molar-refractivity contribution in [3.63, 3.8) is 0 Å². The van der Waals surface area contributed by atoms with Crippen LogP contribution in [0.3, 0.4) is 0 Å². The van der Waals surface area contributed by atoms with Gasteiger partial charge in [-0.2, -0.15) is 0 Å². The summed E-state index contributed by atoms with van der Waals surface area (Å²) in [6.07, 6.45) is 4.64. The zero-order chi connectivity index (χ0) is 10.5. The van der Waals surface area contributed by atoms with Gasteiger partial charge in [-0.15, -0.1) is 8.58 Å². The Morgan fingerprint density at radius 3 is 2.80 bits per heavy atom. The summed E-state index contributed by atoms with van der Waals surface area (Å²) >= 11 is 0. The van der Waals surface area contributed by atoms with Crippen LogP contribution in [0.1, 0.15) is 18.5 Å². The molecule has 1 fully saturated rings. The van der Waals surface area contributed by atoms with Gasteiger partial charge in [0.2, 0.25) is 0 Å². The summed E-state index contributed by atoms with van der Waals surface area (Å²) in [5.74, 6) is 0. The van der Waals surface area contributed by atoms with Gasteiger partial charge in [0, 0.05) is 12.7 Å². The zero-order valence-corrected chi connectivity index (χ0v) is 10.3. The molecule has 0 aromatic carbocycles. The van der Waals surface area contributed by atoms with Crippen molar-refractivity contribution in [2.45, 2.75) is 25.0 Å². The molecule has 1 unspecified atom stereocenters. The zero-order valence-electron chi connectivity index (χ0n) is 9.32. The van der Waals surface area contributed by atoms with E-state index in [0.29, 0.717) is 0 Å². The normalized spacial score (nSPS) is 20.1. The van der Waals surface area contributed by atoms with Gasteiger partial charge in [-0.3, -0.25) is 9.88 Å². The van der Waals surface area contributed by atoms with Crippen molar-refractivity contribution in [1.29, 1.82) is 0 Å². The van der Waals surface area contributed by atoms with Crippen LogP contribution in [0.4, 0.5) is 0 Å². The highest BCUT2D eigenvalue weighted by Crippen LogP contribution is 2.25. The summed E-state index contributed by atoms with van der Waals surface area (Å²) < 4.78 is 0. The predicted octanol–water partition coefficient (Wildman–Crippen LogP) is 2.35. The molecule has 1 atom stereocenters. The highest BCUT2D eigenvalue weighted by Gasteiger charge is 2.17. The van der Waals surface area contributed by atoms with E-state index in [4.69, 9.17) is 0 Å². The lowest BCUT2D eigenvalue weighted by Crippen LogP contribution is -2.34. The fourth-order valence-corrected chi connectivity index (χ4v) is 2.94. The summed E-state index contributed by atoms with van der Waals surface area (Å²) in [6, 6.07) is 6.17. The SMILES string of the molecule is CPC1CCN(Cc2ccccn2)CC1. The van der Waals surface area contributed by atoms with Crippen LogP contribution in [0.25, 0.3) is 0 Å². The lowest BCUT2D eigenvalue weighted by molar-refractivity contribution is 0.222. The van der Waals surface area contributed by atoms with Crippen LogP contribution >= 0.6 is 8.58 Å². The minimum Gasteiger partial charge on any atom is -0.297 e. The number of hydrogen-bond donors (Lipinski definition) is 0. The molecule has 1 aromatic heterocycles. The van der Waals surface area contributed by atoms with Gasteiger partial charge >= 0.3 is 0 Å². The second-order valence-corrected chi connectivity index (χ2v) is 5.55. The molecule has 1 aromatic rings. The fraction of sp³-hybridized carbons (Fsp3) is 0.583. The van der Waals surface area contributed by atoms with Crippen molar-refractivity contribution in [2.75, 3.05) is 19.8 Å². The van der Waals surface area contributed by atoms with Crippen molar-refractivity contribution in [2.24, 2.45) is 0 Å². The van der Waals surface area contributed by atoms with Crippen molar-refractivity contribution in [1.82, 2.24) is 9.88 Å². The first-order valence-electron chi connectivity index (χ1n) is 5.68. The number of piperidine rings is 1. The smallest absolute Gasteiger partial charge is 0.0543 e. The molecule has 0 spiro atoms. The second kappa shape index (κ2) is 5.58. The molecule has 2 rings (SSSR count). The summed E-state index contributed by atoms with van der Waals surface area (Å²) in [4.78, 5) is 6.90. The Hall–Kier alpha value is -0.460. The molecule has 3 heteroatoms. The van der Waals surface area contributed by atoms with Crippen molar-refractivity contribution in [3.05, 3.63) is 30.1 Å². The third kappa shape index (κ3) is 3.25. The Balaban J connectivity index is 1.82. The van der Waals surface area contributed by atoms with E-state index in [2.05, 4.69) is 28.7 Å². The summed E-state index contributed by atoms with van der Waals surface area (Å²) in [6.45, 7) is 5.86. The van der Waals surface area contributed by atoms with Gasteiger partial charge in [-0.25, -0.2) is 0 Å². The number of hydrogen-bond acceptors (Lipinski definition) is 2. The molecule has 0 amide bonds. The number of pyridine rings is 1. The lowest BCUT2D eigenvalue weighted by atomic mass is 10.1. The Morgan fingerprint density at radius 1 is 1.40 bits per heavy atom. The van der Waals surface area contributed by atoms with Gasteiger partial charge in [0.25, 0.3) is 0 Å². The molecule has 1 saturated heterocycles. The predicted molar refractivity (Wildman–Crippen MR) is 66.8 cm³/mol. The maximum atomic E-state index is 4.37. The highest BCUT2D eigenvalue weighted by molar-refractivity contribution is 7.37. The Morgan fingerprint density at radius 2 is 2.20 bits per heavy atom. The molecule has 2 heterocycles. The number of likely N-dealkylation sites (tertiary alicyclic amines) is 1. The molecule has 1 aliphatic rings. The number of nitrogens with zero attached hydrogens (tertiary/aromatic N) is 2. The molecule has 0 saturated carbocycles. The summed E-state index contributed by atoms with van der Waals surface area (Å²) in [7, 11) is 1.12. The highest BCUT2D eigenvalue weighted by atomic mass is 31.1. The van der Waals surface area contributed by atoms with Crippen LogP contribution < -0.4 is 0 Å². The number of rotatable bonds is 3. The van der Waals surface area contributed by atoms with Crippen LogP contribution in [0.15, 0.2) is 24.4 Å². The van der Waals surface area contributed by atoms with Crippen LogP contribution in [0.2, 0.25) is 0 Å². The second-order valence-electron chi connectivity index (χ2n) is 4.16. The molecule has 2 nitrogen and oxygen atoms in total. The maximum absolute atomic E-state index is 4.37. The first-order chi connectivity index (χ1) is 7.38. The van der Waals surface area contributed by atoms with Crippen molar-refractivity contribution < 1.29 is 0 Å². The minimum atomic E-state index is 0.991. The average Bonchev–Trinajstić information content (AvgIpc) is 2.31. The molecular weight excluding hydrogens is 203 g/mol. The van der Waals surface area contributed by atoms with E-state index >= 15 is 0 Å². The monoisotopic (exact) mass is 222 g/mol.